The minimum Gasteiger partial charge on any atom is -0.354 e. The van der Waals surface area contributed by atoms with Crippen LogP contribution in [-0.4, -0.2) is 21.4 Å². The fourth-order valence-corrected chi connectivity index (χ4v) is 1.88. The summed E-state index contributed by atoms with van der Waals surface area (Å²) in [6, 6.07) is 3.66. The average Bonchev–Trinajstić information content (AvgIpc) is 2.37. The first-order valence-electron chi connectivity index (χ1n) is 5.73. The molecule has 104 valence electrons. The minimum atomic E-state index is -0.621. The third kappa shape index (κ3) is 3.00. The molecule has 2 aromatic rings. The summed E-state index contributed by atoms with van der Waals surface area (Å²) >= 11 is 5.76. The SMILES string of the molecule is CCNc1ncc([N+](=O)[O-])c(-c2cc(F)cc(Cl)c2)n1. The van der Waals surface area contributed by atoms with E-state index in [1.807, 2.05) is 6.92 Å². The zero-order chi connectivity index (χ0) is 14.7. The Kier molecular flexibility index (Phi) is 4.09. The Morgan fingerprint density at radius 2 is 2.20 bits per heavy atom. The second-order valence-corrected chi connectivity index (χ2v) is 4.31. The number of anilines is 1. The number of nitrogens with zero attached hydrogens (tertiary/aromatic N) is 3. The van der Waals surface area contributed by atoms with Gasteiger partial charge in [-0.3, -0.25) is 10.1 Å². The van der Waals surface area contributed by atoms with Gasteiger partial charge in [0.1, 0.15) is 12.0 Å². The van der Waals surface area contributed by atoms with Crippen LogP contribution in [0.5, 0.6) is 0 Å². The number of hydrogen-bond donors (Lipinski definition) is 1. The molecule has 0 aliphatic rings. The maximum absolute atomic E-state index is 13.4. The van der Waals surface area contributed by atoms with Crippen molar-refractivity contribution >= 4 is 23.2 Å². The van der Waals surface area contributed by atoms with E-state index < -0.39 is 10.7 Å². The van der Waals surface area contributed by atoms with Crippen molar-refractivity contribution in [2.75, 3.05) is 11.9 Å². The largest absolute Gasteiger partial charge is 0.354 e. The number of rotatable bonds is 4. The van der Waals surface area contributed by atoms with Gasteiger partial charge in [-0.1, -0.05) is 11.6 Å². The summed E-state index contributed by atoms with van der Waals surface area (Å²) in [7, 11) is 0. The molecule has 0 amide bonds. The van der Waals surface area contributed by atoms with Crippen LogP contribution in [0.3, 0.4) is 0 Å². The van der Waals surface area contributed by atoms with E-state index in [4.69, 9.17) is 11.6 Å². The van der Waals surface area contributed by atoms with Crippen molar-refractivity contribution in [3.8, 4) is 11.3 Å². The van der Waals surface area contributed by atoms with Crippen molar-refractivity contribution in [1.82, 2.24) is 9.97 Å². The monoisotopic (exact) mass is 296 g/mol. The number of hydrogen-bond acceptors (Lipinski definition) is 5. The molecule has 6 nitrogen and oxygen atoms in total. The Labute approximate surface area is 118 Å². The molecule has 1 aromatic heterocycles. The van der Waals surface area contributed by atoms with Crippen LogP contribution >= 0.6 is 11.6 Å². The highest BCUT2D eigenvalue weighted by Gasteiger charge is 2.19. The van der Waals surface area contributed by atoms with Crippen LogP contribution < -0.4 is 5.32 Å². The first-order valence-corrected chi connectivity index (χ1v) is 6.11. The van der Waals surface area contributed by atoms with E-state index in [1.165, 1.54) is 6.07 Å². The summed E-state index contributed by atoms with van der Waals surface area (Å²) in [6.07, 6.45) is 1.08. The molecule has 20 heavy (non-hydrogen) atoms. The molecule has 0 spiro atoms. The summed E-state index contributed by atoms with van der Waals surface area (Å²) in [5, 5.41) is 14.0. The van der Waals surface area contributed by atoms with Gasteiger partial charge in [0.15, 0.2) is 5.69 Å². The minimum absolute atomic E-state index is 0.0161. The highest BCUT2D eigenvalue weighted by atomic mass is 35.5. The van der Waals surface area contributed by atoms with Gasteiger partial charge in [0, 0.05) is 17.1 Å². The van der Waals surface area contributed by atoms with Gasteiger partial charge in [-0.05, 0) is 25.1 Å². The van der Waals surface area contributed by atoms with Crippen molar-refractivity contribution in [3.05, 3.63) is 45.4 Å². The van der Waals surface area contributed by atoms with Gasteiger partial charge < -0.3 is 5.32 Å². The molecular formula is C12H10ClFN4O2. The molecule has 0 fully saturated rings. The zero-order valence-electron chi connectivity index (χ0n) is 10.4. The summed E-state index contributed by atoms with van der Waals surface area (Å²) in [5.41, 5.74) is -0.0704. The van der Waals surface area contributed by atoms with Gasteiger partial charge in [-0.15, -0.1) is 0 Å². The number of aromatic nitrogens is 2. The Morgan fingerprint density at radius 3 is 2.80 bits per heavy atom. The van der Waals surface area contributed by atoms with Crippen molar-refractivity contribution in [1.29, 1.82) is 0 Å². The highest BCUT2D eigenvalue weighted by molar-refractivity contribution is 6.30. The molecule has 0 atom stereocenters. The molecule has 1 N–H and O–H groups in total. The van der Waals surface area contributed by atoms with Crippen LogP contribution in [-0.2, 0) is 0 Å². The lowest BCUT2D eigenvalue weighted by Gasteiger charge is -2.06. The van der Waals surface area contributed by atoms with Crippen LogP contribution in [0.2, 0.25) is 5.02 Å². The standard InChI is InChI=1S/C12H10ClFN4O2/c1-2-15-12-16-6-10(18(19)20)11(17-12)7-3-8(13)5-9(14)4-7/h3-6H,2H2,1H3,(H,15,16,17). The summed E-state index contributed by atoms with van der Waals surface area (Å²) in [4.78, 5) is 18.3. The molecule has 1 aromatic carbocycles. The third-order valence-corrected chi connectivity index (χ3v) is 2.66. The van der Waals surface area contributed by atoms with Crippen molar-refractivity contribution in [2.45, 2.75) is 6.92 Å². The highest BCUT2D eigenvalue weighted by Crippen LogP contribution is 2.30. The molecule has 0 saturated carbocycles. The van der Waals surface area contributed by atoms with Crippen LogP contribution in [0.1, 0.15) is 6.92 Å². The van der Waals surface area contributed by atoms with E-state index in [0.717, 1.165) is 18.3 Å². The van der Waals surface area contributed by atoms with Crippen LogP contribution in [0.25, 0.3) is 11.3 Å². The number of nitrogens with one attached hydrogen (secondary N) is 1. The molecule has 0 unspecified atom stereocenters. The molecule has 2 rings (SSSR count). The number of benzene rings is 1. The maximum atomic E-state index is 13.4. The third-order valence-electron chi connectivity index (χ3n) is 2.44. The second kappa shape index (κ2) is 5.79. The van der Waals surface area contributed by atoms with E-state index in [2.05, 4.69) is 15.3 Å². The fraction of sp³-hybridized carbons (Fsp3) is 0.167. The Bertz CT molecular complexity index is 646. The quantitative estimate of drug-likeness (QED) is 0.691. The van der Waals surface area contributed by atoms with E-state index in [1.54, 1.807) is 0 Å². The molecule has 8 heteroatoms. The van der Waals surface area contributed by atoms with E-state index in [0.29, 0.717) is 6.54 Å². The van der Waals surface area contributed by atoms with Gasteiger partial charge in [-0.25, -0.2) is 14.4 Å². The lowest BCUT2D eigenvalue weighted by Crippen LogP contribution is -2.05. The fourth-order valence-electron chi connectivity index (χ4n) is 1.66. The second-order valence-electron chi connectivity index (χ2n) is 3.87. The molecule has 0 aliphatic carbocycles. The Morgan fingerprint density at radius 1 is 1.45 bits per heavy atom. The summed E-state index contributed by atoms with van der Waals surface area (Å²) in [6.45, 7) is 2.39. The lowest BCUT2D eigenvalue weighted by atomic mass is 10.1. The smallest absolute Gasteiger partial charge is 0.313 e. The van der Waals surface area contributed by atoms with Crippen LogP contribution in [0.15, 0.2) is 24.4 Å². The van der Waals surface area contributed by atoms with E-state index >= 15 is 0 Å². The van der Waals surface area contributed by atoms with Gasteiger partial charge in [0.25, 0.3) is 0 Å². The maximum Gasteiger partial charge on any atom is 0.313 e. The Balaban J connectivity index is 2.62. The number of nitro groups is 1. The Hall–Kier alpha value is -2.28. The molecular weight excluding hydrogens is 287 g/mol. The van der Waals surface area contributed by atoms with Crippen molar-refractivity contribution in [2.24, 2.45) is 0 Å². The van der Waals surface area contributed by atoms with Gasteiger partial charge in [0.2, 0.25) is 5.95 Å². The van der Waals surface area contributed by atoms with Gasteiger partial charge >= 0.3 is 5.69 Å². The zero-order valence-corrected chi connectivity index (χ0v) is 11.2. The van der Waals surface area contributed by atoms with E-state index in [9.17, 15) is 14.5 Å². The average molecular weight is 297 g/mol. The van der Waals surface area contributed by atoms with Crippen LogP contribution in [0, 0.1) is 15.9 Å². The van der Waals surface area contributed by atoms with Crippen LogP contribution in [0.4, 0.5) is 16.0 Å². The molecule has 0 aliphatic heterocycles. The molecule has 0 radical (unpaired) electrons. The first-order chi connectivity index (χ1) is 9.51. The molecule has 1 heterocycles. The van der Waals surface area contributed by atoms with Crippen molar-refractivity contribution < 1.29 is 9.31 Å². The van der Waals surface area contributed by atoms with E-state index in [-0.39, 0.29) is 27.9 Å². The predicted octanol–water partition coefficient (Wildman–Crippen LogP) is 3.28. The number of halogens is 2. The summed E-state index contributed by atoms with van der Waals surface area (Å²) in [5.74, 6) is -0.362. The van der Waals surface area contributed by atoms with Gasteiger partial charge in [0.05, 0.1) is 4.92 Å². The van der Waals surface area contributed by atoms with Crippen molar-refractivity contribution in [3.63, 3.8) is 0 Å². The normalized spacial score (nSPS) is 10.3. The first kappa shape index (κ1) is 14.1. The topological polar surface area (TPSA) is 81.0 Å². The van der Waals surface area contributed by atoms with Gasteiger partial charge in [-0.2, -0.15) is 0 Å². The lowest BCUT2D eigenvalue weighted by molar-refractivity contribution is -0.384. The molecule has 0 saturated heterocycles. The molecule has 0 bridgehead atoms. The summed E-state index contributed by atoms with van der Waals surface area (Å²) < 4.78 is 13.4. The predicted molar refractivity (Wildman–Crippen MR) is 73.3 cm³/mol.